The minimum atomic E-state index is 1.06. The Kier molecular flexibility index (Phi) is 7.32. The summed E-state index contributed by atoms with van der Waals surface area (Å²) in [4.78, 5) is 3.68. The van der Waals surface area contributed by atoms with Crippen molar-refractivity contribution >= 4 is 11.8 Å². The van der Waals surface area contributed by atoms with Gasteiger partial charge in [-0.25, -0.2) is 0 Å². The van der Waals surface area contributed by atoms with Crippen molar-refractivity contribution < 1.29 is 0 Å². The Balaban J connectivity index is 1.97. The Morgan fingerprint density at radius 3 is 2.71 bits per heavy atom. The highest BCUT2D eigenvalue weighted by Crippen LogP contribution is 2.14. The lowest BCUT2D eigenvalue weighted by atomic mass is 10.4. The summed E-state index contributed by atoms with van der Waals surface area (Å²) in [5.74, 6) is 1.10. The van der Waals surface area contributed by atoms with Crippen LogP contribution in [0.2, 0.25) is 0 Å². The first-order valence-corrected chi connectivity index (χ1v) is 7.29. The van der Waals surface area contributed by atoms with E-state index in [1.807, 2.05) is 29.7 Å². The number of aryl methyl sites for hydroxylation is 1. The van der Waals surface area contributed by atoms with Gasteiger partial charge in [0.1, 0.15) is 0 Å². The van der Waals surface area contributed by atoms with Crippen LogP contribution in [0, 0.1) is 0 Å². The molecule has 17 heavy (non-hydrogen) atoms. The van der Waals surface area contributed by atoms with Gasteiger partial charge in [-0.1, -0.05) is 13.8 Å². The second-order valence-electron chi connectivity index (χ2n) is 3.98. The molecule has 0 saturated heterocycles. The molecule has 0 aromatic carbocycles. The van der Waals surface area contributed by atoms with Crippen molar-refractivity contribution in [2.75, 3.05) is 38.5 Å². The van der Waals surface area contributed by atoms with E-state index in [1.165, 1.54) is 4.90 Å². The summed E-state index contributed by atoms with van der Waals surface area (Å²) in [5, 5.41) is 7.62. The van der Waals surface area contributed by atoms with E-state index in [4.69, 9.17) is 0 Å². The van der Waals surface area contributed by atoms with Crippen molar-refractivity contribution in [2.45, 2.75) is 18.7 Å². The van der Waals surface area contributed by atoms with Gasteiger partial charge in [-0.2, -0.15) is 5.10 Å². The molecule has 0 radical (unpaired) electrons. The van der Waals surface area contributed by atoms with Crippen molar-refractivity contribution in [3.05, 3.63) is 12.4 Å². The molecule has 1 aromatic rings. The zero-order valence-electron chi connectivity index (χ0n) is 11.1. The van der Waals surface area contributed by atoms with Crippen molar-refractivity contribution in [1.82, 2.24) is 20.0 Å². The Hall–Kier alpha value is -0.520. The second-order valence-corrected chi connectivity index (χ2v) is 5.14. The number of aromatic nitrogens is 2. The third kappa shape index (κ3) is 6.10. The molecular weight excluding hydrogens is 232 g/mol. The number of hydrogen-bond acceptors (Lipinski definition) is 4. The molecule has 0 aliphatic rings. The van der Waals surface area contributed by atoms with E-state index in [0.717, 1.165) is 38.5 Å². The molecule has 1 aromatic heterocycles. The highest BCUT2D eigenvalue weighted by atomic mass is 32.2. The summed E-state index contributed by atoms with van der Waals surface area (Å²) >= 11 is 1.85. The third-order valence-electron chi connectivity index (χ3n) is 2.73. The van der Waals surface area contributed by atoms with E-state index in [9.17, 15) is 0 Å². The first kappa shape index (κ1) is 14.5. The van der Waals surface area contributed by atoms with Crippen molar-refractivity contribution in [3.63, 3.8) is 0 Å². The largest absolute Gasteiger partial charge is 0.315 e. The molecule has 0 spiro atoms. The summed E-state index contributed by atoms with van der Waals surface area (Å²) in [6.07, 6.45) is 3.97. The van der Waals surface area contributed by atoms with E-state index in [1.54, 1.807) is 0 Å². The van der Waals surface area contributed by atoms with Crippen molar-refractivity contribution in [2.24, 2.45) is 7.05 Å². The minimum Gasteiger partial charge on any atom is -0.315 e. The van der Waals surface area contributed by atoms with Gasteiger partial charge in [-0.3, -0.25) is 4.68 Å². The third-order valence-corrected chi connectivity index (χ3v) is 3.68. The lowest BCUT2D eigenvalue weighted by molar-refractivity contribution is 0.303. The lowest BCUT2D eigenvalue weighted by Gasteiger charge is -2.17. The fourth-order valence-corrected chi connectivity index (χ4v) is 2.45. The highest BCUT2D eigenvalue weighted by Gasteiger charge is 1.98. The predicted octanol–water partition coefficient (Wildman–Crippen LogP) is 1.44. The van der Waals surface area contributed by atoms with Crippen LogP contribution in [0.4, 0.5) is 0 Å². The van der Waals surface area contributed by atoms with Gasteiger partial charge >= 0.3 is 0 Å². The van der Waals surface area contributed by atoms with Gasteiger partial charge < -0.3 is 10.2 Å². The maximum Gasteiger partial charge on any atom is 0.0625 e. The Morgan fingerprint density at radius 2 is 2.12 bits per heavy atom. The summed E-state index contributed by atoms with van der Waals surface area (Å²) in [5.41, 5.74) is 0. The van der Waals surface area contributed by atoms with Crippen LogP contribution in [-0.2, 0) is 7.05 Å². The van der Waals surface area contributed by atoms with Crippen LogP contribution in [0.1, 0.15) is 13.8 Å². The van der Waals surface area contributed by atoms with Gasteiger partial charge in [0.25, 0.3) is 0 Å². The molecule has 0 saturated carbocycles. The lowest BCUT2D eigenvalue weighted by Crippen LogP contribution is -2.32. The van der Waals surface area contributed by atoms with E-state index >= 15 is 0 Å². The Bertz CT molecular complexity index is 296. The van der Waals surface area contributed by atoms with Crippen LogP contribution in [0.15, 0.2) is 17.3 Å². The molecular formula is C12H24N4S. The number of nitrogens with one attached hydrogen (secondary N) is 1. The van der Waals surface area contributed by atoms with Crippen molar-refractivity contribution in [1.29, 1.82) is 0 Å². The van der Waals surface area contributed by atoms with Crippen LogP contribution in [0.25, 0.3) is 0 Å². The van der Waals surface area contributed by atoms with Crippen LogP contribution in [0.3, 0.4) is 0 Å². The summed E-state index contributed by atoms with van der Waals surface area (Å²) in [6.45, 7) is 9.98. The molecule has 4 nitrogen and oxygen atoms in total. The van der Waals surface area contributed by atoms with Gasteiger partial charge in [0.05, 0.1) is 6.20 Å². The molecule has 0 aliphatic heterocycles. The molecule has 1 heterocycles. The van der Waals surface area contributed by atoms with Crippen LogP contribution in [0.5, 0.6) is 0 Å². The number of thioether (sulfide) groups is 1. The van der Waals surface area contributed by atoms with Gasteiger partial charge in [0.15, 0.2) is 0 Å². The van der Waals surface area contributed by atoms with E-state index in [0.29, 0.717) is 0 Å². The smallest absolute Gasteiger partial charge is 0.0625 e. The summed E-state index contributed by atoms with van der Waals surface area (Å²) < 4.78 is 1.84. The van der Waals surface area contributed by atoms with Crippen LogP contribution >= 0.6 is 11.8 Å². The maximum absolute atomic E-state index is 4.15. The molecule has 0 bridgehead atoms. The van der Waals surface area contributed by atoms with Gasteiger partial charge in [-0.05, 0) is 13.1 Å². The topological polar surface area (TPSA) is 33.1 Å². The number of likely N-dealkylation sites (N-methyl/N-ethyl adjacent to an activating group) is 1. The summed E-state index contributed by atoms with van der Waals surface area (Å²) in [7, 11) is 1.95. The predicted molar refractivity (Wildman–Crippen MR) is 74.6 cm³/mol. The van der Waals surface area contributed by atoms with E-state index < -0.39 is 0 Å². The zero-order valence-corrected chi connectivity index (χ0v) is 12.0. The number of rotatable bonds is 9. The fourth-order valence-electron chi connectivity index (χ4n) is 1.62. The van der Waals surface area contributed by atoms with Gasteiger partial charge in [0.2, 0.25) is 0 Å². The van der Waals surface area contributed by atoms with E-state index in [-0.39, 0.29) is 0 Å². The fraction of sp³-hybridized carbons (Fsp3) is 0.750. The zero-order chi connectivity index (χ0) is 12.5. The van der Waals surface area contributed by atoms with Gasteiger partial charge in [-0.15, -0.1) is 11.8 Å². The molecule has 0 aliphatic carbocycles. The molecule has 0 unspecified atom stereocenters. The molecule has 0 atom stereocenters. The van der Waals surface area contributed by atoms with Crippen LogP contribution < -0.4 is 5.32 Å². The standard InChI is InChI=1S/C12H24N4S/c1-4-16(5-2)8-6-13-7-9-17-12-10-14-15(3)11-12/h10-11,13H,4-9H2,1-3H3. The SMILES string of the molecule is CCN(CC)CCNCCSc1cnn(C)c1. The summed E-state index contributed by atoms with van der Waals surface area (Å²) in [6, 6.07) is 0. The van der Waals surface area contributed by atoms with Gasteiger partial charge in [0, 0.05) is 43.5 Å². The Morgan fingerprint density at radius 1 is 1.35 bits per heavy atom. The highest BCUT2D eigenvalue weighted by molar-refractivity contribution is 7.99. The normalized spacial score (nSPS) is 11.3. The number of hydrogen-bond donors (Lipinski definition) is 1. The average Bonchev–Trinajstić information content (AvgIpc) is 2.74. The van der Waals surface area contributed by atoms with E-state index in [2.05, 4.69) is 35.4 Å². The monoisotopic (exact) mass is 256 g/mol. The minimum absolute atomic E-state index is 1.06. The van der Waals surface area contributed by atoms with Crippen LogP contribution in [-0.4, -0.2) is 53.2 Å². The molecule has 1 N–H and O–H groups in total. The molecule has 5 heteroatoms. The first-order valence-electron chi connectivity index (χ1n) is 6.30. The Labute approximate surface area is 109 Å². The molecule has 0 fully saturated rings. The molecule has 1 rings (SSSR count). The second kappa shape index (κ2) is 8.55. The maximum atomic E-state index is 4.15. The molecule has 0 amide bonds. The molecule has 98 valence electrons. The quantitative estimate of drug-likeness (QED) is 0.535. The average molecular weight is 256 g/mol. The number of nitrogens with zero attached hydrogens (tertiary/aromatic N) is 3. The van der Waals surface area contributed by atoms with Crippen molar-refractivity contribution in [3.8, 4) is 0 Å². The first-order chi connectivity index (χ1) is 8.26.